The molecule has 0 atom stereocenters. The molecule has 0 spiro atoms. The van der Waals surface area contributed by atoms with Crippen molar-refractivity contribution in [2.75, 3.05) is 45.6 Å². The Kier molecular flexibility index (Phi) is 6.88. The minimum absolute atomic E-state index is 0.0559. The van der Waals surface area contributed by atoms with Crippen molar-refractivity contribution in [3.8, 4) is 11.5 Å². The van der Waals surface area contributed by atoms with Crippen molar-refractivity contribution in [3.63, 3.8) is 0 Å². The van der Waals surface area contributed by atoms with Crippen LogP contribution in [0.4, 0.5) is 4.39 Å². The van der Waals surface area contributed by atoms with Crippen LogP contribution < -0.4 is 8.92 Å². The molecule has 0 radical (unpaired) electrons. The second-order valence-electron chi connectivity index (χ2n) is 6.73. The Labute approximate surface area is 165 Å². The maximum absolute atomic E-state index is 13.5. The van der Waals surface area contributed by atoms with Crippen molar-refractivity contribution in [1.82, 2.24) is 9.80 Å². The van der Waals surface area contributed by atoms with Crippen molar-refractivity contribution in [2.45, 2.75) is 6.54 Å². The summed E-state index contributed by atoms with van der Waals surface area (Å²) in [4.78, 5) is 4.31. The Bertz CT molecular complexity index is 869. The third-order valence-electron chi connectivity index (χ3n) is 4.73. The number of piperazine rings is 1. The maximum Gasteiger partial charge on any atom is 0.310 e. The average molecular weight is 408 g/mol. The summed E-state index contributed by atoms with van der Waals surface area (Å²) in [5, 5.41) is 0. The normalized spacial score (nSPS) is 16.1. The van der Waals surface area contributed by atoms with Gasteiger partial charge in [-0.15, -0.1) is 0 Å². The minimum atomic E-state index is -3.62. The highest BCUT2D eigenvalue weighted by Gasteiger charge is 2.21. The van der Waals surface area contributed by atoms with Gasteiger partial charge in [-0.1, -0.05) is 18.2 Å². The van der Waals surface area contributed by atoms with Crippen LogP contribution in [-0.2, 0) is 16.7 Å². The van der Waals surface area contributed by atoms with Gasteiger partial charge in [0.25, 0.3) is 0 Å². The number of nitrogens with zero attached hydrogens (tertiary/aromatic N) is 2. The van der Waals surface area contributed by atoms with Crippen LogP contribution in [0.2, 0.25) is 0 Å². The first-order valence-corrected chi connectivity index (χ1v) is 10.8. The summed E-state index contributed by atoms with van der Waals surface area (Å²) < 4.78 is 48.2. The number of hydrogen-bond donors (Lipinski definition) is 0. The van der Waals surface area contributed by atoms with Gasteiger partial charge in [-0.3, -0.25) is 9.80 Å². The summed E-state index contributed by atoms with van der Waals surface area (Å²) in [6, 6.07) is 13.0. The number of benzene rings is 2. The molecule has 0 saturated carbocycles. The van der Waals surface area contributed by atoms with Crippen molar-refractivity contribution >= 4 is 10.1 Å². The van der Waals surface area contributed by atoms with E-state index in [9.17, 15) is 12.8 Å². The molecule has 0 N–H and O–H groups in total. The lowest BCUT2D eigenvalue weighted by Gasteiger charge is -2.34. The van der Waals surface area contributed by atoms with Crippen LogP contribution in [0, 0.1) is 5.82 Å². The molecular formula is C20H25FN2O4S. The number of hydrogen-bond acceptors (Lipinski definition) is 6. The van der Waals surface area contributed by atoms with Crippen molar-refractivity contribution in [3.05, 3.63) is 59.9 Å². The first-order valence-electron chi connectivity index (χ1n) is 9.19. The van der Waals surface area contributed by atoms with Gasteiger partial charge in [-0.2, -0.15) is 8.42 Å². The Hall–Kier alpha value is -2.16. The molecule has 1 heterocycles. The number of ether oxygens (including phenoxy) is 1. The molecule has 0 unspecified atom stereocenters. The van der Waals surface area contributed by atoms with Crippen LogP contribution >= 0.6 is 0 Å². The standard InChI is InChI=1S/C20H25FN2O4S/c1-26-20-8-7-18(21)15-17(20)16-23-11-9-22(10-12-23)13-14-28(24,25)27-19-5-3-2-4-6-19/h2-8,15H,9-14,16H2,1H3. The highest BCUT2D eigenvalue weighted by atomic mass is 32.2. The zero-order valence-electron chi connectivity index (χ0n) is 15.9. The SMILES string of the molecule is COc1ccc(F)cc1CN1CCN(CCS(=O)(=O)Oc2ccccc2)CC1. The zero-order chi connectivity index (χ0) is 20.0. The fraction of sp³-hybridized carbons (Fsp3) is 0.400. The third kappa shape index (κ3) is 5.92. The van der Waals surface area contributed by atoms with Crippen molar-refractivity contribution < 1.29 is 21.7 Å². The molecule has 0 bridgehead atoms. The molecule has 152 valence electrons. The second kappa shape index (κ2) is 9.36. The lowest BCUT2D eigenvalue weighted by atomic mass is 10.1. The van der Waals surface area contributed by atoms with E-state index < -0.39 is 10.1 Å². The molecule has 1 aliphatic heterocycles. The predicted molar refractivity (Wildman–Crippen MR) is 106 cm³/mol. The maximum atomic E-state index is 13.5. The van der Waals surface area contributed by atoms with Gasteiger partial charge >= 0.3 is 10.1 Å². The first kappa shape index (κ1) is 20.6. The minimum Gasteiger partial charge on any atom is -0.496 e. The van der Waals surface area contributed by atoms with Gasteiger partial charge in [0, 0.05) is 44.8 Å². The van der Waals surface area contributed by atoms with Crippen molar-refractivity contribution in [2.24, 2.45) is 0 Å². The van der Waals surface area contributed by atoms with E-state index in [1.54, 1.807) is 43.5 Å². The van der Waals surface area contributed by atoms with Crippen LogP contribution in [-0.4, -0.2) is 63.8 Å². The van der Waals surface area contributed by atoms with Crippen LogP contribution in [0.15, 0.2) is 48.5 Å². The molecular weight excluding hydrogens is 383 g/mol. The smallest absolute Gasteiger partial charge is 0.310 e. The number of halogens is 1. The first-order chi connectivity index (χ1) is 13.4. The fourth-order valence-electron chi connectivity index (χ4n) is 3.19. The monoisotopic (exact) mass is 408 g/mol. The lowest BCUT2D eigenvalue weighted by molar-refractivity contribution is 0.131. The second-order valence-corrected chi connectivity index (χ2v) is 8.42. The summed E-state index contributed by atoms with van der Waals surface area (Å²) in [6.45, 7) is 4.08. The van der Waals surface area contributed by atoms with E-state index in [2.05, 4.69) is 9.80 Å². The quantitative estimate of drug-likeness (QED) is 0.625. The Morgan fingerprint density at radius 1 is 1.00 bits per heavy atom. The van der Waals surface area contributed by atoms with Gasteiger partial charge in [0.05, 0.1) is 12.9 Å². The number of para-hydroxylation sites is 1. The Morgan fingerprint density at radius 2 is 1.68 bits per heavy atom. The van der Waals surface area contributed by atoms with E-state index in [-0.39, 0.29) is 11.6 Å². The average Bonchev–Trinajstić information content (AvgIpc) is 2.68. The fourth-order valence-corrected chi connectivity index (χ4v) is 4.16. The van der Waals surface area contributed by atoms with Crippen LogP contribution in [0.1, 0.15) is 5.56 Å². The lowest BCUT2D eigenvalue weighted by Crippen LogP contribution is -2.47. The summed E-state index contributed by atoms with van der Waals surface area (Å²) in [5.41, 5.74) is 0.815. The molecule has 0 aliphatic carbocycles. The van der Waals surface area contributed by atoms with E-state index in [1.807, 2.05) is 0 Å². The van der Waals surface area contributed by atoms with Gasteiger partial charge in [-0.05, 0) is 30.3 Å². The zero-order valence-corrected chi connectivity index (χ0v) is 16.7. The topological polar surface area (TPSA) is 59.1 Å². The van der Waals surface area contributed by atoms with Gasteiger partial charge < -0.3 is 8.92 Å². The summed E-state index contributed by atoms with van der Waals surface area (Å²) in [6.07, 6.45) is 0. The summed E-state index contributed by atoms with van der Waals surface area (Å²) in [5.74, 6) is 0.669. The van der Waals surface area contributed by atoms with E-state index in [1.165, 1.54) is 12.1 Å². The Balaban J connectivity index is 1.46. The number of rotatable bonds is 8. The molecule has 2 aromatic carbocycles. The molecule has 6 nitrogen and oxygen atoms in total. The van der Waals surface area contributed by atoms with E-state index in [0.717, 1.165) is 31.7 Å². The molecule has 0 aromatic heterocycles. The molecule has 3 rings (SSSR count). The molecule has 1 fully saturated rings. The van der Waals surface area contributed by atoms with Crippen molar-refractivity contribution in [1.29, 1.82) is 0 Å². The molecule has 28 heavy (non-hydrogen) atoms. The largest absolute Gasteiger partial charge is 0.496 e. The van der Waals surface area contributed by atoms with Crippen LogP contribution in [0.5, 0.6) is 11.5 Å². The van der Waals surface area contributed by atoms with Gasteiger partial charge in [0.15, 0.2) is 0 Å². The molecule has 8 heteroatoms. The molecule has 1 saturated heterocycles. The highest BCUT2D eigenvalue weighted by Crippen LogP contribution is 2.21. The molecule has 1 aliphatic rings. The van der Waals surface area contributed by atoms with Gasteiger partial charge in [0.2, 0.25) is 0 Å². The highest BCUT2D eigenvalue weighted by molar-refractivity contribution is 7.87. The predicted octanol–water partition coefficient (Wildman–Crippen LogP) is 2.36. The van der Waals surface area contributed by atoms with E-state index >= 15 is 0 Å². The summed E-state index contributed by atoms with van der Waals surface area (Å²) >= 11 is 0. The van der Waals surface area contributed by atoms with E-state index in [4.69, 9.17) is 8.92 Å². The van der Waals surface area contributed by atoms with E-state index in [0.29, 0.717) is 24.6 Å². The van der Waals surface area contributed by atoms with Crippen LogP contribution in [0.3, 0.4) is 0 Å². The number of methoxy groups -OCH3 is 1. The summed E-state index contributed by atoms with van der Waals surface area (Å²) in [7, 11) is -2.05. The van der Waals surface area contributed by atoms with Crippen LogP contribution in [0.25, 0.3) is 0 Å². The van der Waals surface area contributed by atoms with Gasteiger partial charge in [0.1, 0.15) is 17.3 Å². The molecule has 2 aromatic rings. The van der Waals surface area contributed by atoms with Gasteiger partial charge in [-0.25, -0.2) is 4.39 Å². The molecule has 0 amide bonds. The Morgan fingerprint density at radius 3 is 2.36 bits per heavy atom. The third-order valence-corrected chi connectivity index (χ3v) is 5.85.